The number of carbonyl (C=O) groups excluding carboxylic acids is 6. The molecular weight excluding hydrogens is 312 g/mol. The van der Waals surface area contributed by atoms with Gasteiger partial charge in [0, 0.05) is 25.7 Å². The van der Waals surface area contributed by atoms with Gasteiger partial charge in [-0.2, -0.15) is 0 Å². The van der Waals surface area contributed by atoms with Crippen molar-refractivity contribution in [1.82, 2.24) is 10.1 Å². The lowest BCUT2D eigenvalue weighted by atomic mass is 10.3. The molecule has 0 spiro atoms. The van der Waals surface area contributed by atoms with Crippen molar-refractivity contribution in [2.75, 3.05) is 0 Å². The Morgan fingerprint density at radius 1 is 0.696 bits per heavy atom. The molecule has 10 nitrogen and oxygen atoms in total. The van der Waals surface area contributed by atoms with Gasteiger partial charge < -0.3 is 9.68 Å². The summed E-state index contributed by atoms with van der Waals surface area (Å²) in [7, 11) is 0. The number of amides is 4. The minimum atomic E-state index is -0.894. The predicted octanol–water partition coefficient (Wildman–Crippen LogP) is -1.16. The van der Waals surface area contributed by atoms with E-state index in [1.54, 1.807) is 0 Å². The fraction of sp³-hybridized carbons (Fsp3) is 0.538. The van der Waals surface area contributed by atoms with Crippen molar-refractivity contribution >= 4 is 35.6 Å². The second-order valence-corrected chi connectivity index (χ2v) is 5.43. The zero-order valence-electron chi connectivity index (χ0n) is 11.9. The van der Waals surface area contributed by atoms with Crippen LogP contribution in [0.1, 0.15) is 32.1 Å². The van der Waals surface area contributed by atoms with Gasteiger partial charge in [-0.1, -0.05) is 0 Å². The fourth-order valence-corrected chi connectivity index (χ4v) is 2.35. The van der Waals surface area contributed by atoms with Crippen LogP contribution in [-0.4, -0.2) is 45.7 Å². The van der Waals surface area contributed by atoms with E-state index in [9.17, 15) is 28.8 Å². The Morgan fingerprint density at radius 3 is 1.30 bits per heavy atom. The predicted molar refractivity (Wildman–Crippen MR) is 66.0 cm³/mol. The van der Waals surface area contributed by atoms with E-state index in [-0.39, 0.29) is 32.1 Å². The highest BCUT2D eigenvalue weighted by Gasteiger charge is 2.53. The number of rotatable bonds is 4. The molecule has 1 aliphatic carbocycles. The van der Waals surface area contributed by atoms with E-state index in [0.29, 0.717) is 10.1 Å². The van der Waals surface area contributed by atoms with Crippen molar-refractivity contribution in [3.05, 3.63) is 0 Å². The van der Waals surface area contributed by atoms with E-state index < -0.39 is 47.4 Å². The molecule has 2 aliphatic heterocycles. The summed E-state index contributed by atoms with van der Waals surface area (Å²) in [6.07, 6.45) is -0.00412. The Labute approximate surface area is 129 Å². The fourth-order valence-electron chi connectivity index (χ4n) is 2.35. The molecule has 0 aromatic heterocycles. The Bertz CT molecular complexity index is 556. The van der Waals surface area contributed by atoms with Crippen LogP contribution in [0.15, 0.2) is 0 Å². The van der Waals surface area contributed by atoms with Crippen molar-refractivity contribution in [2.45, 2.75) is 32.1 Å². The number of nitrogens with zero attached hydrogens (tertiary/aromatic N) is 2. The summed E-state index contributed by atoms with van der Waals surface area (Å²) in [5.74, 6) is -5.97. The highest BCUT2D eigenvalue weighted by atomic mass is 16.7. The first-order chi connectivity index (χ1) is 10.9. The third kappa shape index (κ3) is 2.79. The summed E-state index contributed by atoms with van der Waals surface area (Å²) in [6.45, 7) is 0. The van der Waals surface area contributed by atoms with Crippen LogP contribution in [0.5, 0.6) is 0 Å². The molecule has 0 bridgehead atoms. The molecule has 4 amide bonds. The molecule has 3 aliphatic rings. The van der Waals surface area contributed by atoms with Crippen LogP contribution in [0.2, 0.25) is 0 Å². The Kier molecular flexibility index (Phi) is 3.58. The van der Waals surface area contributed by atoms with E-state index >= 15 is 0 Å². The van der Waals surface area contributed by atoms with Gasteiger partial charge in [0.2, 0.25) is 0 Å². The lowest BCUT2D eigenvalue weighted by Crippen LogP contribution is -2.34. The number of hydroxylamine groups is 4. The molecule has 10 heteroatoms. The van der Waals surface area contributed by atoms with Gasteiger partial charge in [-0.3, -0.25) is 19.2 Å². The summed E-state index contributed by atoms with van der Waals surface area (Å²) in [5, 5.41) is 0.799. The van der Waals surface area contributed by atoms with Crippen molar-refractivity contribution in [3.63, 3.8) is 0 Å². The van der Waals surface area contributed by atoms with Crippen molar-refractivity contribution < 1.29 is 38.4 Å². The molecule has 0 aromatic rings. The smallest absolute Gasteiger partial charge is 0.330 e. The Morgan fingerprint density at radius 2 is 1.00 bits per heavy atom. The second-order valence-electron chi connectivity index (χ2n) is 5.43. The molecule has 0 unspecified atom stereocenters. The van der Waals surface area contributed by atoms with E-state index in [1.165, 1.54) is 0 Å². The van der Waals surface area contributed by atoms with E-state index in [1.807, 2.05) is 0 Å². The van der Waals surface area contributed by atoms with Gasteiger partial charge in [0.1, 0.15) is 0 Å². The first kappa shape index (κ1) is 15.1. The van der Waals surface area contributed by atoms with Crippen LogP contribution in [0.4, 0.5) is 0 Å². The van der Waals surface area contributed by atoms with Crippen LogP contribution in [0.3, 0.4) is 0 Å². The molecule has 3 fully saturated rings. The molecule has 0 N–H and O–H groups in total. The first-order valence-electron chi connectivity index (χ1n) is 7.03. The van der Waals surface area contributed by atoms with Crippen LogP contribution in [0, 0.1) is 11.8 Å². The standard InChI is InChI=1S/C13H12N2O8/c16-8-1-2-9(17)14(8)22-12(20)6-5-7(6)13(21)23-15-10(18)3-4-11(15)19/h6-7H,1-5H2/t6-,7-/m0/s1. The summed E-state index contributed by atoms with van der Waals surface area (Å²) < 4.78 is 0. The monoisotopic (exact) mass is 324 g/mol. The van der Waals surface area contributed by atoms with Crippen LogP contribution in [0.25, 0.3) is 0 Å². The third-order valence-electron chi connectivity index (χ3n) is 3.77. The topological polar surface area (TPSA) is 127 Å². The summed E-state index contributed by atoms with van der Waals surface area (Å²) in [6, 6.07) is 0. The van der Waals surface area contributed by atoms with Crippen LogP contribution < -0.4 is 0 Å². The highest BCUT2D eigenvalue weighted by Crippen LogP contribution is 2.41. The zero-order chi connectivity index (χ0) is 16.7. The lowest BCUT2D eigenvalue weighted by molar-refractivity contribution is -0.202. The number of carbonyl (C=O) groups is 6. The second kappa shape index (κ2) is 5.45. The molecule has 0 aromatic carbocycles. The van der Waals surface area contributed by atoms with Crippen molar-refractivity contribution in [3.8, 4) is 0 Å². The molecule has 2 atom stereocenters. The minimum Gasteiger partial charge on any atom is -0.330 e. The van der Waals surface area contributed by atoms with Gasteiger partial charge >= 0.3 is 11.9 Å². The minimum absolute atomic E-state index is 0.0264. The Balaban J connectivity index is 1.52. The van der Waals surface area contributed by atoms with Crippen molar-refractivity contribution in [1.29, 1.82) is 0 Å². The van der Waals surface area contributed by atoms with Gasteiger partial charge in [-0.05, 0) is 6.42 Å². The largest absolute Gasteiger partial charge is 0.337 e. The van der Waals surface area contributed by atoms with E-state index in [0.717, 1.165) is 0 Å². The maximum Gasteiger partial charge on any atom is 0.337 e. The average molecular weight is 324 g/mol. The summed E-state index contributed by atoms with van der Waals surface area (Å²) >= 11 is 0. The molecule has 122 valence electrons. The Hall–Kier alpha value is -2.78. The van der Waals surface area contributed by atoms with Gasteiger partial charge in [-0.25, -0.2) is 9.59 Å². The quantitative estimate of drug-likeness (QED) is 0.592. The molecule has 0 radical (unpaired) electrons. The van der Waals surface area contributed by atoms with Gasteiger partial charge in [0.15, 0.2) is 0 Å². The SMILES string of the molecule is O=C(ON1C(=O)CCC1=O)[C@H]1C[C@@H]1C(=O)ON1C(=O)CCC1=O. The lowest BCUT2D eigenvalue weighted by Gasteiger charge is -2.13. The summed E-state index contributed by atoms with van der Waals surface area (Å²) in [4.78, 5) is 78.3. The number of imide groups is 2. The van der Waals surface area contributed by atoms with E-state index in [4.69, 9.17) is 9.68 Å². The maximum atomic E-state index is 11.8. The molecule has 23 heavy (non-hydrogen) atoms. The molecule has 3 rings (SSSR count). The van der Waals surface area contributed by atoms with Gasteiger partial charge in [0.25, 0.3) is 23.6 Å². The highest BCUT2D eigenvalue weighted by molar-refractivity contribution is 6.03. The summed E-state index contributed by atoms with van der Waals surface area (Å²) in [5.41, 5.74) is 0. The van der Waals surface area contributed by atoms with E-state index in [2.05, 4.69) is 0 Å². The maximum absolute atomic E-state index is 11.8. The number of hydrogen-bond donors (Lipinski definition) is 0. The van der Waals surface area contributed by atoms with Gasteiger partial charge in [-0.15, -0.1) is 10.1 Å². The molecule has 1 saturated carbocycles. The average Bonchev–Trinajstić information content (AvgIpc) is 3.19. The third-order valence-corrected chi connectivity index (χ3v) is 3.77. The van der Waals surface area contributed by atoms with Crippen LogP contribution in [-0.2, 0) is 38.4 Å². The van der Waals surface area contributed by atoms with Gasteiger partial charge in [0.05, 0.1) is 11.8 Å². The molecule has 2 heterocycles. The van der Waals surface area contributed by atoms with Crippen molar-refractivity contribution in [2.24, 2.45) is 11.8 Å². The number of hydrogen-bond acceptors (Lipinski definition) is 8. The van der Waals surface area contributed by atoms with Crippen LogP contribution >= 0.6 is 0 Å². The molecular formula is C13H12N2O8. The molecule has 2 saturated heterocycles. The first-order valence-corrected chi connectivity index (χ1v) is 7.03. The zero-order valence-corrected chi connectivity index (χ0v) is 11.9. The normalized spacial score (nSPS) is 26.8.